The van der Waals surface area contributed by atoms with E-state index < -0.39 is 18.7 Å². The first kappa shape index (κ1) is 14.0. The summed E-state index contributed by atoms with van der Waals surface area (Å²) < 4.78 is 29.2. The van der Waals surface area contributed by atoms with Crippen LogP contribution in [0.3, 0.4) is 0 Å². The Morgan fingerprint density at radius 3 is 2.31 bits per heavy atom. The molecule has 0 saturated carbocycles. The molecular formula is C9H11FO6. The zero-order chi connectivity index (χ0) is 12.4. The Morgan fingerprint density at radius 2 is 1.81 bits per heavy atom. The maximum Gasteiger partial charge on any atom is 0.510 e. The van der Waals surface area contributed by atoms with E-state index in [4.69, 9.17) is 6.42 Å². The van der Waals surface area contributed by atoms with Gasteiger partial charge in [-0.1, -0.05) is 5.92 Å². The van der Waals surface area contributed by atoms with Gasteiger partial charge in [0.2, 0.25) is 6.36 Å². The minimum atomic E-state index is -1.76. The molecular weight excluding hydrogens is 223 g/mol. The van der Waals surface area contributed by atoms with Gasteiger partial charge in [0.25, 0.3) is 0 Å². The number of carbonyl (C=O) groups is 2. The number of halogens is 1. The summed E-state index contributed by atoms with van der Waals surface area (Å²) in [5.74, 6) is 2.06. The predicted octanol–water partition coefficient (Wildman–Crippen LogP) is 1.24. The van der Waals surface area contributed by atoms with Crippen molar-refractivity contribution in [1.82, 2.24) is 0 Å². The van der Waals surface area contributed by atoms with Crippen LogP contribution in [0.2, 0.25) is 0 Å². The van der Waals surface area contributed by atoms with Crippen molar-refractivity contribution in [2.24, 2.45) is 0 Å². The van der Waals surface area contributed by atoms with Crippen LogP contribution in [0.4, 0.5) is 14.0 Å². The third kappa shape index (κ3) is 8.62. The van der Waals surface area contributed by atoms with Crippen molar-refractivity contribution in [2.45, 2.75) is 13.3 Å². The lowest BCUT2D eigenvalue weighted by atomic mass is 10.7. The van der Waals surface area contributed by atoms with Crippen LogP contribution in [0.25, 0.3) is 0 Å². The van der Waals surface area contributed by atoms with E-state index >= 15 is 0 Å². The number of terminal acetylenes is 1. The first-order valence-corrected chi connectivity index (χ1v) is 4.26. The Balaban J connectivity index is 3.43. The summed E-state index contributed by atoms with van der Waals surface area (Å²) in [5, 5.41) is 0. The quantitative estimate of drug-likeness (QED) is 0.405. The van der Waals surface area contributed by atoms with E-state index in [0.29, 0.717) is 0 Å². The minimum absolute atomic E-state index is 0.207. The van der Waals surface area contributed by atoms with E-state index in [0.717, 1.165) is 6.92 Å². The molecule has 90 valence electrons. The molecule has 0 radical (unpaired) electrons. The summed E-state index contributed by atoms with van der Waals surface area (Å²) in [7, 11) is 0. The molecule has 7 heteroatoms. The molecule has 0 fully saturated rings. The van der Waals surface area contributed by atoms with E-state index in [9.17, 15) is 14.0 Å². The van der Waals surface area contributed by atoms with Crippen LogP contribution in [0.5, 0.6) is 0 Å². The molecule has 0 heterocycles. The Kier molecular flexibility index (Phi) is 7.32. The molecule has 16 heavy (non-hydrogen) atoms. The monoisotopic (exact) mass is 234 g/mol. The molecule has 0 aliphatic heterocycles. The molecule has 0 aromatic rings. The second-order valence-corrected chi connectivity index (χ2v) is 2.35. The van der Waals surface area contributed by atoms with Gasteiger partial charge in [-0.25, -0.2) is 14.0 Å². The summed E-state index contributed by atoms with van der Waals surface area (Å²) >= 11 is 0. The highest BCUT2D eigenvalue weighted by Gasteiger charge is 2.09. The van der Waals surface area contributed by atoms with Crippen molar-refractivity contribution in [3.63, 3.8) is 0 Å². The number of rotatable bonds is 5. The number of alkyl halides is 1. The highest BCUT2D eigenvalue weighted by Crippen LogP contribution is 1.95. The largest absolute Gasteiger partial charge is 0.510 e. The lowest BCUT2D eigenvalue weighted by molar-refractivity contribution is -0.0292. The Bertz CT molecular complexity index is 270. The van der Waals surface area contributed by atoms with Crippen molar-refractivity contribution in [3.05, 3.63) is 0 Å². The molecule has 0 spiro atoms. The van der Waals surface area contributed by atoms with Gasteiger partial charge in [0.1, 0.15) is 13.2 Å². The third-order valence-electron chi connectivity index (χ3n) is 1.06. The van der Waals surface area contributed by atoms with Crippen LogP contribution in [0.1, 0.15) is 6.92 Å². The zero-order valence-corrected chi connectivity index (χ0v) is 8.60. The van der Waals surface area contributed by atoms with E-state index in [1.54, 1.807) is 0 Å². The maximum atomic E-state index is 12.1. The van der Waals surface area contributed by atoms with Gasteiger partial charge >= 0.3 is 12.3 Å². The average Bonchev–Trinajstić information content (AvgIpc) is 2.20. The molecule has 0 N–H and O–H groups in total. The second-order valence-electron chi connectivity index (χ2n) is 2.35. The highest BCUT2D eigenvalue weighted by atomic mass is 19.1. The Morgan fingerprint density at radius 1 is 1.25 bits per heavy atom. The van der Waals surface area contributed by atoms with Crippen LogP contribution in [-0.2, 0) is 18.9 Å². The number of hydrogen-bond acceptors (Lipinski definition) is 6. The molecule has 0 aromatic carbocycles. The molecule has 0 aliphatic carbocycles. The van der Waals surface area contributed by atoms with Gasteiger partial charge in [-0.15, -0.1) is 6.42 Å². The summed E-state index contributed by atoms with van der Waals surface area (Å²) in [6.45, 7) is 0.311. The minimum Gasteiger partial charge on any atom is -0.431 e. The second kappa shape index (κ2) is 8.35. The van der Waals surface area contributed by atoms with Crippen molar-refractivity contribution < 1.29 is 32.9 Å². The van der Waals surface area contributed by atoms with Crippen molar-refractivity contribution in [3.8, 4) is 12.3 Å². The van der Waals surface area contributed by atoms with Crippen LogP contribution in [0.15, 0.2) is 0 Å². The van der Waals surface area contributed by atoms with Gasteiger partial charge in [0.15, 0.2) is 6.61 Å². The van der Waals surface area contributed by atoms with Gasteiger partial charge in [-0.2, -0.15) is 0 Å². The smallest absolute Gasteiger partial charge is 0.431 e. The van der Waals surface area contributed by atoms with Crippen molar-refractivity contribution in [1.29, 1.82) is 0 Å². The van der Waals surface area contributed by atoms with Crippen molar-refractivity contribution in [2.75, 3.05) is 19.8 Å². The molecule has 0 rings (SSSR count). The standard InChI is InChI=1S/C9H11FO6/c1-3-4-13-8(11)14-5-6-15-9(12)16-7(2)10/h1,7H,4-6H2,2H3. The fourth-order valence-corrected chi connectivity index (χ4v) is 0.559. The summed E-state index contributed by atoms with van der Waals surface area (Å²) in [4.78, 5) is 21.2. The SMILES string of the molecule is C#CCOC(=O)OCCOC(=O)OC(C)F. The Hall–Kier alpha value is -1.97. The normalized spacial score (nSPS) is 10.8. The van der Waals surface area contributed by atoms with Gasteiger partial charge in [0, 0.05) is 6.92 Å². The number of hydrogen-bond donors (Lipinski definition) is 0. The lowest BCUT2D eigenvalue weighted by Crippen LogP contribution is -2.17. The van der Waals surface area contributed by atoms with Crippen LogP contribution >= 0.6 is 0 Å². The lowest BCUT2D eigenvalue weighted by Gasteiger charge is -2.06. The van der Waals surface area contributed by atoms with Crippen LogP contribution < -0.4 is 0 Å². The topological polar surface area (TPSA) is 71.1 Å². The van der Waals surface area contributed by atoms with E-state index in [-0.39, 0.29) is 19.8 Å². The van der Waals surface area contributed by atoms with E-state index in [1.165, 1.54) is 0 Å². The fourth-order valence-electron chi connectivity index (χ4n) is 0.559. The Labute approximate surface area is 91.6 Å². The van der Waals surface area contributed by atoms with E-state index in [1.807, 2.05) is 0 Å². The molecule has 6 nitrogen and oxygen atoms in total. The maximum absolute atomic E-state index is 12.1. The third-order valence-corrected chi connectivity index (χ3v) is 1.06. The first-order chi connectivity index (χ1) is 7.56. The average molecular weight is 234 g/mol. The van der Waals surface area contributed by atoms with Gasteiger partial charge in [0.05, 0.1) is 0 Å². The molecule has 0 aromatic heterocycles. The number of ether oxygens (including phenoxy) is 4. The van der Waals surface area contributed by atoms with Crippen molar-refractivity contribution >= 4 is 12.3 Å². The predicted molar refractivity (Wildman–Crippen MR) is 49.1 cm³/mol. The van der Waals surface area contributed by atoms with Gasteiger partial charge in [-0.05, 0) is 0 Å². The van der Waals surface area contributed by atoms with Crippen LogP contribution in [0, 0.1) is 12.3 Å². The first-order valence-electron chi connectivity index (χ1n) is 4.26. The highest BCUT2D eigenvalue weighted by molar-refractivity contribution is 5.60. The molecule has 0 amide bonds. The summed E-state index contributed by atoms with van der Waals surface area (Å²) in [6.07, 6.45) is 0.895. The molecule has 0 bridgehead atoms. The fraction of sp³-hybridized carbons (Fsp3) is 0.556. The summed E-state index contributed by atoms with van der Waals surface area (Å²) in [5.41, 5.74) is 0. The molecule has 0 saturated heterocycles. The van der Waals surface area contributed by atoms with E-state index in [2.05, 4.69) is 24.9 Å². The molecule has 1 atom stereocenters. The van der Waals surface area contributed by atoms with Crippen LogP contribution in [-0.4, -0.2) is 38.5 Å². The van der Waals surface area contributed by atoms with Gasteiger partial charge in [-0.3, -0.25) is 0 Å². The molecule has 0 aliphatic rings. The zero-order valence-electron chi connectivity index (χ0n) is 8.60. The molecule has 1 unspecified atom stereocenters. The number of carbonyl (C=O) groups excluding carboxylic acids is 2. The summed E-state index contributed by atoms with van der Waals surface area (Å²) in [6, 6.07) is 0. The van der Waals surface area contributed by atoms with Gasteiger partial charge < -0.3 is 18.9 Å².